The lowest BCUT2D eigenvalue weighted by atomic mass is 9.85. The number of ether oxygens (including phenoxy) is 3. The first-order valence-corrected chi connectivity index (χ1v) is 9.59. The number of allylic oxidation sites excluding steroid dienone is 4. The summed E-state index contributed by atoms with van der Waals surface area (Å²) >= 11 is 0. The molecule has 1 aliphatic rings. The summed E-state index contributed by atoms with van der Waals surface area (Å²) < 4.78 is 14.7. The second-order valence-electron chi connectivity index (χ2n) is 6.61. The van der Waals surface area contributed by atoms with E-state index in [1.165, 1.54) is 50.5 Å². The maximum Gasteiger partial charge on any atom is 0.308 e. The summed E-state index contributed by atoms with van der Waals surface area (Å²) in [5.41, 5.74) is 1.26. The van der Waals surface area contributed by atoms with Crippen LogP contribution in [0.25, 0.3) is 0 Å². The minimum Gasteiger partial charge on any atom is -0.508 e. The van der Waals surface area contributed by atoms with Crippen LogP contribution < -0.4 is 9.47 Å². The average molecular weight is 436 g/mol. The van der Waals surface area contributed by atoms with E-state index in [0.717, 1.165) is 11.3 Å². The Morgan fingerprint density at radius 2 is 1.50 bits per heavy atom. The molecule has 7 heteroatoms. The maximum absolute atomic E-state index is 12.2. The number of aromatic hydroxyl groups is 1. The van der Waals surface area contributed by atoms with E-state index in [4.69, 9.17) is 19.3 Å². The van der Waals surface area contributed by atoms with Gasteiger partial charge in [-0.2, -0.15) is 0 Å². The predicted molar refractivity (Wildman–Crippen MR) is 119 cm³/mol. The quantitative estimate of drug-likeness (QED) is 0.317. The maximum atomic E-state index is 12.2. The Morgan fingerprint density at radius 1 is 0.906 bits per heavy atom. The highest BCUT2D eigenvalue weighted by molar-refractivity contribution is 6.19. The molecule has 1 atom stereocenters. The van der Waals surface area contributed by atoms with Crippen molar-refractivity contribution in [2.75, 3.05) is 14.2 Å². The minimum absolute atomic E-state index is 0.0568. The van der Waals surface area contributed by atoms with Crippen LogP contribution in [0.5, 0.6) is 17.2 Å². The Morgan fingerprint density at radius 3 is 2.00 bits per heavy atom. The van der Waals surface area contributed by atoms with Crippen LogP contribution in [0.4, 0.5) is 0 Å². The van der Waals surface area contributed by atoms with Crippen LogP contribution in [0.1, 0.15) is 18.4 Å². The zero-order valence-corrected chi connectivity index (χ0v) is 18.0. The van der Waals surface area contributed by atoms with Gasteiger partial charge in [0.1, 0.15) is 17.2 Å². The molecule has 7 nitrogen and oxygen atoms in total. The van der Waals surface area contributed by atoms with Crippen LogP contribution in [0, 0.1) is 0 Å². The number of hydrogen-bond donors (Lipinski definition) is 1. The molecule has 0 aromatic heterocycles. The van der Waals surface area contributed by atoms with E-state index < -0.39 is 0 Å². The van der Waals surface area contributed by atoms with Crippen LogP contribution in [-0.2, 0) is 19.1 Å². The van der Waals surface area contributed by atoms with Crippen molar-refractivity contribution in [2.24, 2.45) is 0 Å². The van der Waals surface area contributed by atoms with Crippen molar-refractivity contribution in [3.05, 3.63) is 90.2 Å². The minimum atomic E-state index is -0.365. The van der Waals surface area contributed by atoms with E-state index in [2.05, 4.69) is 6.58 Å². The molecule has 1 aliphatic carbocycles. The number of benzene rings is 2. The van der Waals surface area contributed by atoms with Crippen molar-refractivity contribution in [3.63, 3.8) is 0 Å². The van der Waals surface area contributed by atoms with Gasteiger partial charge in [-0.05, 0) is 48.0 Å². The molecule has 0 saturated heterocycles. The second kappa shape index (κ2) is 11.3. The Labute approximate surface area is 186 Å². The summed E-state index contributed by atoms with van der Waals surface area (Å²) in [6.45, 7) is 5.09. The molecule has 0 radical (unpaired) electrons. The van der Waals surface area contributed by atoms with Crippen LogP contribution in [0.2, 0.25) is 0 Å². The Bertz CT molecular complexity index is 1040. The Balaban J connectivity index is 0.000000278. The van der Waals surface area contributed by atoms with Crippen molar-refractivity contribution < 1.29 is 33.7 Å². The third kappa shape index (κ3) is 6.43. The molecule has 1 N–H and O–H groups in total. The molecular weight excluding hydrogens is 412 g/mol. The first-order valence-electron chi connectivity index (χ1n) is 9.59. The number of methoxy groups -OCH3 is 2. The number of carbonyl (C=O) groups is 3. The molecule has 166 valence electrons. The largest absolute Gasteiger partial charge is 0.508 e. The van der Waals surface area contributed by atoms with Crippen LogP contribution in [-0.4, -0.2) is 36.9 Å². The van der Waals surface area contributed by atoms with Crippen LogP contribution in [0.15, 0.2) is 84.7 Å². The van der Waals surface area contributed by atoms with Gasteiger partial charge in [-0.3, -0.25) is 14.4 Å². The summed E-state index contributed by atoms with van der Waals surface area (Å²) in [6, 6.07) is 13.3. The molecular formula is C25H24O7. The molecule has 2 aromatic rings. The normalized spacial score (nSPS) is 13.6. The number of esters is 1. The number of rotatable bonds is 6. The summed E-state index contributed by atoms with van der Waals surface area (Å²) in [5.74, 6) is 0.109. The molecule has 0 aliphatic heterocycles. The fraction of sp³-hybridized carbons (Fsp3) is 0.160. The number of ketones is 2. The van der Waals surface area contributed by atoms with Gasteiger partial charge in [0, 0.05) is 24.5 Å². The predicted octanol–water partition coefficient (Wildman–Crippen LogP) is 3.89. The van der Waals surface area contributed by atoms with Gasteiger partial charge < -0.3 is 19.3 Å². The highest BCUT2D eigenvalue weighted by atomic mass is 16.5. The lowest BCUT2D eigenvalue weighted by molar-refractivity contribution is -0.131. The van der Waals surface area contributed by atoms with Crippen molar-refractivity contribution >= 4 is 17.5 Å². The fourth-order valence-corrected chi connectivity index (χ4v) is 2.89. The molecule has 0 heterocycles. The molecule has 32 heavy (non-hydrogen) atoms. The highest BCUT2D eigenvalue weighted by Crippen LogP contribution is 2.30. The molecule has 2 aromatic carbocycles. The lowest BCUT2D eigenvalue weighted by Gasteiger charge is -2.18. The molecule has 0 amide bonds. The second-order valence-corrected chi connectivity index (χ2v) is 6.61. The zero-order chi connectivity index (χ0) is 23.7. The fourth-order valence-electron chi connectivity index (χ4n) is 2.89. The van der Waals surface area contributed by atoms with E-state index in [-0.39, 0.29) is 35.0 Å². The van der Waals surface area contributed by atoms with Gasteiger partial charge in [-0.15, -0.1) is 6.58 Å². The first kappa shape index (κ1) is 24.1. The van der Waals surface area contributed by atoms with E-state index in [0.29, 0.717) is 11.3 Å². The van der Waals surface area contributed by atoms with Gasteiger partial charge >= 0.3 is 5.97 Å². The third-order valence-corrected chi connectivity index (χ3v) is 4.44. The van der Waals surface area contributed by atoms with Crippen molar-refractivity contribution in [3.8, 4) is 17.2 Å². The van der Waals surface area contributed by atoms with E-state index >= 15 is 0 Å². The van der Waals surface area contributed by atoms with Crippen LogP contribution >= 0.6 is 0 Å². The third-order valence-electron chi connectivity index (χ3n) is 4.44. The van der Waals surface area contributed by atoms with Gasteiger partial charge in [0.25, 0.3) is 0 Å². The highest BCUT2D eigenvalue weighted by Gasteiger charge is 2.26. The molecule has 3 rings (SSSR count). The smallest absolute Gasteiger partial charge is 0.308 e. The van der Waals surface area contributed by atoms with Gasteiger partial charge in [0.15, 0.2) is 11.5 Å². The zero-order valence-electron chi connectivity index (χ0n) is 18.0. The molecule has 0 fully saturated rings. The van der Waals surface area contributed by atoms with Crippen molar-refractivity contribution in [2.45, 2.75) is 12.8 Å². The van der Waals surface area contributed by atoms with Crippen molar-refractivity contribution in [1.29, 1.82) is 0 Å². The van der Waals surface area contributed by atoms with Crippen LogP contribution in [0.3, 0.4) is 0 Å². The summed E-state index contributed by atoms with van der Waals surface area (Å²) in [7, 11) is 2.95. The number of phenols is 1. The van der Waals surface area contributed by atoms with E-state index in [1.807, 2.05) is 12.1 Å². The molecule has 1 unspecified atom stereocenters. The van der Waals surface area contributed by atoms with Gasteiger partial charge in [0.2, 0.25) is 5.78 Å². The monoisotopic (exact) mass is 436 g/mol. The van der Waals surface area contributed by atoms with Gasteiger partial charge in [-0.25, -0.2) is 0 Å². The summed E-state index contributed by atoms with van der Waals surface area (Å²) in [6.07, 6.45) is 4.18. The molecule has 0 saturated carbocycles. The Hall–Kier alpha value is -4.13. The number of phenolic OH excluding ortho intramolecular Hbond substituents is 1. The summed E-state index contributed by atoms with van der Waals surface area (Å²) in [4.78, 5) is 34.4. The summed E-state index contributed by atoms with van der Waals surface area (Å²) in [5, 5.41) is 8.85. The Kier molecular flexibility index (Phi) is 8.53. The van der Waals surface area contributed by atoms with Gasteiger partial charge in [-0.1, -0.05) is 18.2 Å². The van der Waals surface area contributed by atoms with E-state index in [1.54, 1.807) is 25.3 Å². The molecule has 0 spiro atoms. The molecule has 0 bridgehead atoms. The van der Waals surface area contributed by atoms with E-state index in [9.17, 15) is 14.4 Å². The van der Waals surface area contributed by atoms with Crippen molar-refractivity contribution in [1.82, 2.24) is 0 Å². The number of hydrogen-bond acceptors (Lipinski definition) is 7. The van der Waals surface area contributed by atoms with Gasteiger partial charge in [0.05, 0.1) is 14.2 Å². The topological polar surface area (TPSA) is 99.1 Å². The standard InChI is InChI=1S/C17H16O4.C8H8O3/c1-4-13(11-5-7-12(20-2)8-6-11)14-9-16(19)17(21-3)10-15(14)18;1-6(9)11-8-4-2-7(10)3-5-8/h4-10,13H,1H2,2-3H3;2-5,10H,1H3. The number of carbonyl (C=O) groups excluding carboxylic acids is 3. The first-order chi connectivity index (χ1) is 15.3. The SMILES string of the molecule is C=CC(C1=CC(=O)C(OC)=CC1=O)c1ccc(OC)cc1.CC(=O)Oc1ccc(O)cc1. The average Bonchev–Trinajstić information content (AvgIpc) is 2.78. The lowest BCUT2D eigenvalue weighted by Crippen LogP contribution is -2.18.